The summed E-state index contributed by atoms with van der Waals surface area (Å²) in [4.78, 5) is 0. The van der Waals surface area contributed by atoms with Crippen LogP contribution in [0.4, 0.5) is 0 Å². The molecule has 0 radical (unpaired) electrons. The molecule has 3 atom stereocenters. The van der Waals surface area contributed by atoms with E-state index in [2.05, 4.69) is 25.0 Å². The molecule has 1 fully saturated rings. The van der Waals surface area contributed by atoms with Crippen molar-refractivity contribution in [3.8, 4) is 0 Å². The van der Waals surface area contributed by atoms with Gasteiger partial charge in [-0.2, -0.15) is 5.10 Å². The maximum Gasteiger partial charge on any atom is 0.0596 e. The van der Waals surface area contributed by atoms with Crippen LogP contribution in [0.15, 0.2) is 6.07 Å². The molecule has 0 spiro atoms. The molecule has 1 aromatic heterocycles. The van der Waals surface area contributed by atoms with E-state index in [4.69, 9.17) is 5.73 Å². The Morgan fingerprint density at radius 3 is 2.82 bits per heavy atom. The predicted molar refractivity (Wildman–Crippen MR) is 70.7 cm³/mol. The van der Waals surface area contributed by atoms with Gasteiger partial charge in [-0.1, -0.05) is 26.7 Å². The lowest BCUT2D eigenvalue weighted by atomic mass is 9.67. The van der Waals surface area contributed by atoms with Crippen LogP contribution < -0.4 is 5.73 Å². The van der Waals surface area contributed by atoms with Crippen molar-refractivity contribution < 1.29 is 0 Å². The molecule has 3 heteroatoms. The SMILES string of the molecule is Cc1cc(CC2(N)CCCC(C)C2C)n(C)n1. The predicted octanol–water partition coefficient (Wildman–Crippen LogP) is 2.42. The average molecular weight is 235 g/mol. The lowest BCUT2D eigenvalue weighted by Crippen LogP contribution is -2.52. The number of hydrogen-bond acceptors (Lipinski definition) is 2. The van der Waals surface area contributed by atoms with E-state index in [1.54, 1.807) is 0 Å². The van der Waals surface area contributed by atoms with E-state index in [-0.39, 0.29) is 5.54 Å². The second kappa shape index (κ2) is 4.45. The zero-order valence-corrected chi connectivity index (χ0v) is 11.5. The van der Waals surface area contributed by atoms with Gasteiger partial charge < -0.3 is 5.73 Å². The summed E-state index contributed by atoms with van der Waals surface area (Å²) >= 11 is 0. The second-order valence-electron chi connectivity index (χ2n) is 5.97. The summed E-state index contributed by atoms with van der Waals surface area (Å²) in [6.45, 7) is 6.69. The van der Waals surface area contributed by atoms with E-state index in [9.17, 15) is 0 Å². The Hall–Kier alpha value is -0.830. The average Bonchev–Trinajstić information content (AvgIpc) is 2.54. The number of aryl methyl sites for hydroxylation is 2. The molecular weight excluding hydrogens is 210 g/mol. The smallest absolute Gasteiger partial charge is 0.0596 e. The van der Waals surface area contributed by atoms with Crippen LogP contribution in [0, 0.1) is 18.8 Å². The molecule has 1 aliphatic rings. The minimum atomic E-state index is -0.0438. The summed E-state index contributed by atoms with van der Waals surface area (Å²) in [6, 6.07) is 2.17. The van der Waals surface area contributed by atoms with Crippen LogP contribution in [0.1, 0.15) is 44.5 Å². The summed E-state index contributed by atoms with van der Waals surface area (Å²) < 4.78 is 1.98. The Morgan fingerprint density at radius 2 is 2.24 bits per heavy atom. The maximum absolute atomic E-state index is 6.66. The molecule has 17 heavy (non-hydrogen) atoms. The molecule has 0 saturated heterocycles. The number of rotatable bonds is 2. The molecule has 0 bridgehead atoms. The highest BCUT2D eigenvalue weighted by atomic mass is 15.3. The summed E-state index contributed by atoms with van der Waals surface area (Å²) in [5.41, 5.74) is 8.97. The number of nitrogens with zero attached hydrogens (tertiary/aromatic N) is 2. The fourth-order valence-corrected chi connectivity index (χ4v) is 3.21. The zero-order chi connectivity index (χ0) is 12.6. The molecule has 0 aromatic carbocycles. The number of aromatic nitrogens is 2. The summed E-state index contributed by atoms with van der Waals surface area (Å²) in [5.74, 6) is 1.33. The Bertz CT molecular complexity index is 396. The van der Waals surface area contributed by atoms with Crippen molar-refractivity contribution in [3.63, 3.8) is 0 Å². The van der Waals surface area contributed by atoms with Crippen LogP contribution in [-0.4, -0.2) is 15.3 Å². The standard InChI is InChI=1S/C14H25N3/c1-10-6-5-7-14(15,12(10)3)9-13-8-11(2)16-17(13)4/h8,10,12H,5-7,9,15H2,1-4H3. The minimum Gasteiger partial charge on any atom is -0.324 e. The molecule has 0 aliphatic heterocycles. The molecule has 3 nitrogen and oxygen atoms in total. The van der Waals surface area contributed by atoms with Gasteiger partial charge in [0.15, 0.2) is 0 Å². The highest BCUT2D eigenvalue weighted by Crippen LogP contribution is 2.37. The van der Waals surface area contributed by atoms with Crippen molar-refractivity contribution in [1.29, 1.82) is 0 Å². The van der Waals surface area contributed by atoms with E-state index in [0.29, 0.717) is 5.92 Å². The molecule has 1 heterocycles. The maximum atomic E-state index is 6.66. The fraction of sp³-hybridized carbons (Fsp3) is 0.786. The third-order valence-corrected chi connectivity index (χ3v) is 4.67. The van der Waals surface area contributed by atoms with Crippen molar-refractivity contribution in [1.82, 2.24) is 9.78 Å². The highest BCUT2D eigenvalue weighted by molar-refractivity contribution is 5.14. The van der Waals surface area contributed by atoms with Gasteiger partial charge in [-0.3, -0.25) is 4.68 Å². The van der Waals surface area contributed by atoms with Gasteiger partial charge in [-0.25, -0.2) is 0 Å². The van der Waals surface area contributed by atoms with Gasteiger partial charge in [0, 0.05) is 24.7 Å². The summed E-state index contributed by atoms with van der Waals surface area (Å²) in [7, 11) is 2.02. The largest absolute Gasteiger partial charge is 0.324 e. The molecular formula is C14H25N3. The number of nitrogens with two attached hydrogens (primary N) is 1. The van der Waals surface area contributed by atoms with Gasteiger partial charge >= 0.3 is 0 Å². The van der Waals surface area contributed by atoms with Crippen molar-refractivity contribution in [2.45, 2.75) is 52.0 Å². The second-order valence-corrected chi connectivity index (χ2v) is 5.97. The lowest BCUT2D eigenvalue weighted by Gasteiger charge is -2.43. The first kappa shape index (κ1) is 12.6. The first-order chi connectivity index (χ1) is 7.92. The molecule has 1 aliphatic carbocycles. The van der Waals surface area contributed by atoms with Crippen LogP contribution in [0.3, 0.4) is 0 Å². The third-order valence-electron chi connectivity index (χ3n) is 4.67. The van der Waals surface area contributed by atoms with E-state index in [1.807, 2.05) is 18.7 Å². The monoisotopic (exact) mass is 235 g/mol. The van der Waals surface area contributed by atoms with Crippen LogP contribution >= 0.6 is 0 Å². The Labute approximate surface area is 104 Å². The van der Waals surface area contributed by atoms with E-state index in [0.717, 1.165) is 24.5 Å². The van der Waals surface area contributed by atoms with Gasteiger partial charge in [0.25, 0.3) is 0 Å². The first-order valence-corrected chi connectivity index (χ1v) is 6.71. The van der Waals surface area contributed by atoms with Crippen molar-refractivity contribution in [2.24, 2.45) is 24.6 Å². The summed E-state index contributed by atoms with van der Waals surface area (Å²) in [5, 5.41) is 4.41. The first-order valence-electron chi connectivity index (χ1n) is 6.71. The zero-order valence-electron chi connectivity index (χ0n) is 11.5. The topological polar surface area (TPSA) is 43.8 Å². The summed E-state index contributed by atoms with van der Waals surface area (Å²) in [6.07, 6.45) is 4.68. The molecule has 1 saturated carbocycles. The van der Waals surface area contributed by atoms with E-state index < -0.39 is 0 Å². The van der Waals surface area contributed by atoms with Crippen LogP contribution in [-0.2, 0) is 13.5 Å². The van der Waals surface area contributed by atoms with Gasteiger partial charge in [0.2, 0.25) is 0 Å². The van der Waals surface area contributed by atoms with Gasteiger partial charge in [0.05, 0.1) is 5.69 Å². The number of hydrogen-bond donors (Lipinski definition) is 1. The van der Waals surface area contributed by atoms with Gasteiger partial charge in [-0.15, -0.1) is 0 Å². The lowest BCUT2D eigenvalue weighted by molar-refractivity contribution is 0.141. The third kappa shape index (κ3) is 2.39. The van der Waals surface area contributed by atoms with E-state index >= 15 is 0 Å². The highest BCUT2D eigenvalue weighted by Gasteiger charge is 2.38. The molecule has 2 N–H and O–H groups in total. The van der Waals surface area contributed by atoms with Crippen LogP contribution in [0.25, 0.3) is 0 Å². The quantitative estimate of drug-likeness (QED) is 0.855. The van der Waals surface area contributed by atoms with E-state index in [1.165, 1.54) is 18.5 Å². The van der Waals surface area contributed by atoms with Crippen LogP contribution in [0.2, 0.25) is 0 Å². The Balaban J connectivity index is 2.18. The molecule has 0 amide bonds. The molecule has 3 unspecified atom stereocenters. The van der Waals surface area contributed by atoms with Crippen molar-refractivity contribution in [3.05, 3.63) is 17.5 Å². The normalized spacial score (nSPS) is 33.9. The Morgan fingerprint density at radius 1 is 1.53 bits per heavy atom. The van der Waals surface area contributed by atoms with Gasteiger partial charge in [0.1, 0.15) is 0 Å². The molecule has 2 rings (SSSR count). The minimum absolute atomic E-state index is 0.0438. The molecule has 96 valence electrons. The fourth-order valence-electron chi connectivity index (χ4n) is 3.21. The van der Waals surface area contributed by atoms with Gasteiger partial charge in [-0.05, 0) is 31.2 Å². The Kier molecular flexibility index (Phi) is 3.30. The van der Waals surface area contributed by atoms with Crippen LogP contribution in [0.5, 0.6) is 0 Å². The molecule has 1 aromatic rings. The van der Waals surface area contributed by atoms with Crippen molar-refractivity contribution >= 4 is 0 Å². The van der Waals surface area contributed by atoms with Crippen molar-refractivity contribution in [2.75, 3.05) is 0 Å².